The Labute approximate surface area is 133 Å². The second-order valence-corrected chi connectivity index (χ2v) is 6.02. The molecule has 1 aliphatic heterocycles. The van der Waals surface area contributed by atoms with Gasteiger partial charge in [-0.3, -0.25) is 4.90 Å². The minimum absolute atomic E-state index is 0.194. The Bertz CT molecular complexity index is 680. The lowest BCUT2D eigenvalue weighted by Crippen LogP contribution is -2.31. The van der Waals surface area contributed by atoms with Crippen molar-refractivity contribution in [3.63, 3.8) is 0 Å². The molecule has 0 amide bonds. The molecule has 0 unspecified atom stereocenters. The third kappa shape index (κ3) is 3.23. The lowest BCUT2D eigenvalue weighted by Gasteiger charge is -2.28. The van der Waals surface area contributed by atoms with E-state index in [1.807, 2.05) is 12.5 Å². The number of hydrogen-bond acceptors (Lipinski definition) is 5. The van der Waals surface area contributed by atoms with Crippen LogP contribution in [0.4, 0.5) is 4.39 Å². The van der Waals surface area contributed by atoms with Gasteiger partial charge in [0.15, 0.2) is 5.16 Å². The molecule has 1 aromatic heterocycles. The van der Waals surface area contributed by atoms with E-state index in [0.29, 0.717) is 17.9 Å². The number of thioether (sulfide) groups is 1. The summed E-state index contributed by atoms with van der Waals surface area (Å²) in [6, 6.07) is 4.86. The predicted molar refractivity (Wildman–Crippen MR) is 84.6 cm³/mol. The van der Waals surface area contributed by atoms with Crippen molar-refractivity contribution in [2.75, 3.05) is 19.9 Å². The number of halogens is 1. The first-order chi connectivity index (χ1) is 10.7. The molecule has 0 fully saturated rings. The fourth-order valence-corrected chi connectivity index (χ4v) is 2.99. The lowest BCUT2D eigenvalue weighted by atomic mass is 10.1. The largest absolute Gasteiger partial charge is 0.497 e. The predicted octanol–water partition coefficient (Wildman–Crippen LogP) is 2.90. The SMILES string of the molecule is COc1ccc(F)c(CN2CCc3nc(SC)ncc3C2)c1. The van der Waals surface area contributed by atoms with E-state index in [1.165, 1.54) is 6.07 Å². The van der Waals surface area contributed by atoms with Crippen molar-refractivity contribution in [3.05, 3.63) is 47.0 Å². The van der Waals surface area contributed by atoms with Gasteiger partial charge in [0.05, 0.1) is 12.8 Å². The molecule has 0 aliphatic carbocycles. The van der Waals surface area contributed by atoms with Crippen LogP contribution in [0.3, 0.4) is 0 Å². The fourth-order valence-electron chi connectivity index (χ4n) is 2.63. The molecule has 116 valence electrons. The van der Waals surface area contributed by atoms with Gasteiger partial charge >= 0.3 is 0 Å². The van der Waals surface area contributed by atoms with Gasteiger partial charge in [-0.2, -0.15) is 0 Å². The van der Waals surface area contributed by atoms with Gasteiger partial charge in [-0.25, -0.2) is 14.4 Å². The van der Waals surface area contributed by atoms with Gasteiger partial charge in [0.25, 0.3) is 0 Å². The Morgan fingerprint density at radius 1 is 1.41 bits per heavy atom. The molecule has 1 aliphatic rings. The summed E-state index contributed by atoms with van der Waals surface area (Å²) in [5.74, 6) is 0.488. The highest BCUT2D eigenvalue weighted by atomic mass is 32.2. The van der Waals surface area contributed by atoms with E-state index in [9.17, 15) is 4.39 Å². The average Bonchev–Trinajstić information content (AvgIpc) is 2.56. The summed E-state index contributed by atoms with van der Waals surface area (Å²) < 4.78 is 19.1. The number of methoxy groups -OCH3 is 1. The van der Waals surface area contributed by atoms with Crippen LogP contribution in [0.25, 0.3) is 0 Å². The van der Waals surface area contributed by atoms with Crippen molar-refractivity contribution in [1.82, 2.24) is 14.9 Å². The highest BCUT2D eigenvalue weighted by Crippen LogP contribution is 2.23. The Morgan fingerprint density at radius 3 is 3.05 bits per heavy atom. The van der Waals surface area contributed by atoms with Gasteiger partial charge < -0.3 is 4.74 Å². The number of hydrogen-bond donors (Lipinski definition) is 0. The van der Waals surface area contributed by atoms with Crippen molar-refractivity contribution < 1.29 is 9.13 Å². The third-order valence-corrected chi connectivity index (χ3v) is 4.38. The zero-order chi connectivity index (χ0) is 15.5. The van der Waals surface area contributed by atoms with Crippen LogP contribution >= 0.6 is 11.8 Å². The number of nitrogens with zero attached hydrogens (tertiary/aromatic N) is 3. The highest BCUT2D eigenvalue weighted by Gasteiger charge is 2.19. The molecule has 6 heteroatoms. The molecular formula is C16H18FN3OS. The number of benzene rings is 1. The van der Waals surface area contributed by atoms with Crippen LogP contribution in [0.2, 0.25) is 0 Å². The minimum atomic E-state index is -0.194. The van der Waals surface area contributed by atoms with E-state index >= 15 is 0 Å². The van der Waals surface area contributed by atoms with Crippen molar-refractivity contribution >= 4 is 11.8 Å². The Morgan fingerprint density at radius 2 is 2.27 bits per heavy atom. The van der Waals surface area contributed by atoms with E-state index in [0.717, 1.165) is 35.9 Å². The molecule has 0 saturated heterocycles. The molecule has 2 aromatic rings. The first-order valence-electron chi connectivity index (χ1n) is 7.13. The monoisotopic (exact) mass is 319 g/mol. The van der Waals surface area contributed by atoms with Gasteiger partial charge in [-0.05, 0) is 24.5 Å². The molecule has 4 nitrogen and oxygen atoms in total. The van der Waals surface area contributed by atoms with Gasteiger partial charge in [0.2, 0.25) is 0 Å². The molecular weight excluding hydrogens is 301 g/mol. The van der Waals surface area contributed by atoms with Gasteiger partial charge in [0, 0.05) is 43.4 Å². The number of ether oxygens (including phenoxy) is 1. The topological polar surface area (TPSA) is 38.2 Å². The molecule has 0 bridgehead atoms. The fraction of sp³-hybridized carbons (Fsp3) is 0.375. The molecule has 1 aromatic carbocycles. The Kier molecular flexibility index (Phi) is 4.59. The van der Waals surface area contributed by atoms with Crippen LogP contribution in [0.15, 0.2) is 29.6 Å². The van der Waals surface area contributed by atoms with Crippen molar-refractivity contribution in [2.24, 2.45) is 0 Å². The molecule has 2 heterocycles. The van der Waals surface area contributed by atoms with E-state index in [4.69, 9.17) is 4.74 Å². The van der Waals surface area contributed by atoms with Crippen LogP contribution in [0.5, 0.6) is 5.75 Å². The zero-order valence-corrected chi connectivity index (χ0v) is 13.5. The Hall–Kier alpha value is -1.66. The van der Waals surface area contributed by atoms with Crippen LogP contribution in [0.1, 0.15) is 16.8 Å². The first kappa shape index (κ1) is 15.2. The normalized spacial score (nSPS) is 14.7. The minimum Gasteiger partial charge on any atom is -0.497 e. The lowest BCUT2D eigenvalue weighted by molar-refractivity contribution is 0.238. The van der Waals surface area contributed by atoms with Crippen LogP contribution in [-0.2, 0) is 19.5 Å². The standard InChI is InChI=1S/C16H18FN3OS/c1-21-13-3-4-14(17)11(7-13)9-20-6-5-15-12(10-20)8-18-16(19-15)22-2/h3-4,7-8H,5-6,9-10H2,1-2H3. The van der Waals surface area contributed by atoms with Crippen LogP contribution < -0.4 is 4.74 Å². The first-order valence-corrected chi connectivity index (χ1v) is 8.35. The summed E-state index contributed by atoms with van der Waals surface area (Å²) in [5, 5.41) is 0.811. The van der Waals surface area contributed by atoms with Crippen LogP contribution in [-0.4, -0.2) is 34.8 Å². The summed E-state index contributed by atoms with van der Waals surface area (Å²) in [6.45, 7) is 2.18. The second kappa shape index (κ2) is 6.62. The molecule has 3 rings (SSSR count). The number of fused-ring (bicyclic) bond motifs is 1. The molecule has 0 N–H and O–H groups in total. The summed E-state index contributed by atoms with van der Waals surface area (Å²) in [4.78, 5) is 11.1. The van der Waals surface area contributed by atoms with E-state index < -0.39 is 0 Å². The molecule has 0 atom stereocenters. The van der Waals surface area contributed by atoms with E-state index in [-0.39, 0.29) is 5.82 Å². The van der Waals surface area contributed by atoms with Gasteiger partial charge in [-0.1, -0.05) is 11.8 Å². The summed E-state index contributed by atoms with van der Waals surface area (Å²) >= 11 is 1.55. The quantitative estimate of drug-likeness (QED) is 0.640. The maximum absolute atomic E-state index is 13.9. The smallest absolute Gasteiger partial charge is 0.187 e. The number of aromatic nitrogens is 2. The van der Waals surface area contributed by atoms with Gasteiger partial charge in [0.1, 0.15) is 11.6 Å². The summed E-state index contributed by atoms with van der Waals surface area (Å²) in [6.07, 6.45) is 4.74. The van der Waals surface area contributed by atoms with Crippen molar-refractivity contribution in [1.29, 1.82) is 0 Å². The average molecular weight is 319 g/mol. The van der Waals surface area contributed by atoms with E-state index in [2.05, 4.69) is 14.9 Å². The summed E-state index contributed by atoms with van der Waals surface area (Å²) in [5.41, 5.74) is 2.90. The molecule has 0 saturated carbocycles. The van der Waals surface area contributed by atoms with Crippen molar-refractivity contribution in [2.45, 2.75) is 24.7 Å². The highest BCUT2D eigenvalue weighted by molar-refractivity contribution is 7.98. The molecule has 0 radical (unpaired) electrons. The van der Waals surface area contributed by atoms with Gasteiger partial charge in [-0.15, -0.1) is 0 Å². The van der Waals surface area contributed by atoms with Crippen molar-refractivity contribution in [3.8, 4) is 5.75 Å². The van der Waals surface area contributed by atoms with Crippen LogP contribution in [0, 0.1) is 5.82 Å². The second-order valence-electron chi connectivity index (χ2n) is 5.25. The van der Waals surface area contributed by atoms with E-state index in [1.54, 1.807) is 31.0 Å². The summed E-state index contributed by atoms with van der Waals surface area (Å²) in [7, 11) is 1.59. The molecule has 22 heavy (non-hydrogen) atoms. The third-order valence-electron chi connectivity index (χ3n) is 3.82. The zero-order valence-electron chi connectivity index (χ0n) is 12.7. The maximum atomic E-state index is 13.9. The molecule has 0 spiro atoms. The number of rotatable bonds is 4. The maximum Gasteiger partial charge on any atom is 0.187 e. The Balaban J connectivity index is 1.75.